The van der Waals surface area contributed by atoms with E-state index < -0.39 is 0 Å². The molecule has 0 radical (unpaired) electrons. The van der Waals surface area contributed by atoms with Crippen molar-refractivity contribution in [1.29, 1.82) is 0 Å². The van der Waals surface area contributed by atoms with Gasteiger partial charge in [-0.05, 0) is 50.1 Å². The van der Waals surface area contributed by atoms with Crippen molar-refractivity contribution in [3.63, 3.8) is 0 Å². The first-order valence-corrected chi connectivity index (χ1v) is 7.70. The monoisotopic (exact) mass is 283 g/mol. The quantitative estimate of drug-likeness (QED) is 0.799. The molecule has 0 aliphatic rings. The first-order valence-electron chi connectivity index (χ1n) is 7.70. The highest BCUT2D eigenvalue weighted by molar-refractivity contribution is 5.29. The van der Waals surface area contributed by atoms with Crippen LogP contribution in [0.3, 0.4) is 0 Å². The van der Waals surface area contributed by atoms with Gasteiger partial charge in [0.2, 0.25) is 0 Å². The normalized spacial score (nSPS) is 12.1. The van der Waals surface area contributed by atoms with E-state index in [1.807, 2.05) is 0 Å². The van der Waals surface area contributed by atoms with Gasteiger partial charge in [0.15, 0.2) is 0 Å². The lowest BCUT2D eigenvalue weighted by Gasteiger charge is -2.14. The predicted molar refractivity (Wildman–Crippen MR) is 88.7 cm³/mol. The highest BCUT2D eigenvalue weighted by Crippen LogP contribution is 2.18. The molecule has 0 aliphatic heterocycles. The summed E-state index contributed by atoms with van der Waals surface area (Å²) in [4.78, 5) is 0. The van der Waals surface area contributed by atoms with Crippen LogP contribution < -0.4 is 10.1 Å². The second-order valence-electron chi connectivity index (χ2n) is 5.52. The van der Waals surface area contributed by atoms with Crippen LogP contribution in [0.25, 0.3) is 0 Å². The van der Waals surface area contributed by atoms with E-state index in [0.29, 0.717) is 12.6 Å². The Hall–Kier alpha value is -1.80. The standard InChI is InChI=1S/C19H25NO/c1-4-12-20-16(3)18-8-10-19(11-9-18)21-14-17-7-5-6-15(2)13-17/h5-11,13,16,20H,4,12,14H2,1-3H3. The molecule has 0 bridgehead atoms. The number of aryl methyl sites for hydroxylation is 1. The van der Waals surface area contributed by atoms with Gasteiger partial charge < -0.3 is 10.1 Å². The average molecular weight is 283 g/mol. The summed E-state index contributed by atoms with van der Waals surface area (Å²) >= 11 is 0. The van der Waals surface area contributed by atoms with Crippen LogP contribution in [-0.4, -0.2) is 6.54 Å². The van der Waals surface area contributed by atoms with Gasteiger partial charge in [0.25, 0.3) is 0 Å². The summed E-state index contributed by atoms with van der Waals surface area (Å²) < 4.78 is 5.84. The van der Waals surface area contributed by atoms with Crippen LogP contribution in [0.2, 0.25) is 0 Å². The average Bonchev–Trinajstić information content (AvgIpc) is 2.51. The minimum absolute atomic E-state index is 0.385. The molecular formula is C19H25NO. The van der Waals surface area contributed by atoms with Crippen LogP contribution in [0.5, 0.6) is 5.75 Å². The molecule has 0 saturated heterocycles. The molecule has 0 aliphatic carbocycles. The van der Waals surface area contributed by atoms with Gasteiger partial charge >= 0.3 is 0 Å². The van der Waals surface area contributed by atoms with Crippen molar-refractivity contribution in [1.82, 2.24) is 5.32 Å². The van der Waals surface area contributed by atoms with E-state index in [1.54, 1.807) is 0 Å². The Labute approximate surface area is 128 Å². The van der Waals surface area contributed by atoms with E-state index >= 15 is 0 Å². The summed E-state index contributed by atoms with van der Waals surface area (Å²) in [6.45, 7) is 8.14. The first-order chi connectivity index (χ1) is 10.2. The van der Waals surface area contributed by atoms with Crippen LogP contribution in [-0.2, 0) is 6.61 Å². The topological polar surface area (TPSA) is 21.3 Å². The number of hydrogen-bond acceptors (Lipinski definition) is 2. The highest BCUT2D eigenvalue weighted by Gasteiger charge is 2.04. The van der Waals surface area contributed by atoms with E-state index in [1.165, 1.54) is 16.7 Å². The molecule has 1 atom stereocenters. The Bertz CT molecular complexity index is 548. The van der Waals surface area contributed by atoms with E-state index in [9.17, 15) is 0 Å². The maximum Gasteiger partial charge on any atom is 0.119 e. The molecule has 0 aromatic heterocycles. The number of hydrogen-bond donors (Lipinski definition) is 1. The first kappa shape index (κ1) is 15.6. The van der Waals surface area contributed by atoms with Gasteiger partial charge in [-0.15, -0.1) is 0 Å². The third kappa shape index (κ3) is 4.91. The number of nitrogens with one attached hydrogen (secondary N) is 1. The van der Waals surface area contributed by atoms with Gasteiger partial charge in [0, 0.05) is 6.04 Å². The van der Waals surface area contributed by atoms with Crippen molar-refractivity contribution in [2.24, 2.45) is 0 Å². The third-order valence-corrected chi connectivity index (χ3v) is 3.57. The van der Waals surface area contributed by atoms with Crippen molar-refractivity contribution >= 4 is 0 Å². The third-order valence-electron chi connectivity index (χ3n) is 3.57. The highest BCUT2D eigenvalue weighted by atomic mass is 16.5. The molecule has 0 spiro atoms. The number of benzene rings is 2. The summed E-state index contributed by atoms with van der Waals surface area (Å²) in [5, 5.41) is 3.49. The second-order valence-corrected chi connectivity index (χ2v) is 5.52. The lowest BCUT2D eigenvalue weighted by atomic mass is 10.1. The molecule has 0 saturated carbocycles. The molecule has 0 heterocycles. The lowest BCUT2D eigenvalue weighted by molar-refractivity contribution is 0.306. The Morgan fingerprint density at radius 2 is 1.86 bits per heavy atom. The van der Waals surface area contributed by atoms with Crippen LogP contribution >= 0.6 is 0 Å². The smallest absolute Gasteiger partial charge is 0.119 e. The lowest BCUT2D eigenvalue weighted by Crippen LogP contribution is -2.19. The Balaban J connectivity index is 1.90. The van der Waals surface area contributed by atoms with Crippen LogP contribution in [0.15, 0.2) is 48.5 Å². The molecule has 112 valence electrons. The summed E-state index contributed by atoms with van der Waals surface area (Å²) in [6, 6.07) is 17.2. The van der Waals surface area contributed by atoms with Crippen LogP contribution in [0, 0.1) is 6.92 Å². The number of rotatable bonds is 7. The van der Waals surface area contributed by atoms with Gasteiger partial charge in [-0.2, -0.15) is 0 Å². The zero-order valence-corrected chi connectivity index (χ0v) is 13.2. The van der Waals surface area contributed by atoms with E-state index in [-0.39, 0.29) is 0 Å². The predicted octanol–water partition coefficient (Wildman–Crippen LogP) is 4.63. The van der Waals surface area contributed by atoms with E-state index in [2.05, 4.69) is 74.6 Å². The minimum atomic E-state index is 0.385. The number of ether oxygens (including phenoxy) is 1. The van der Waals surface area contributed by atoms with Crippen LogP contribution in [0.1, 0.15) is 43.0 Å². The summed E-state index contributed by atoms with van der Waals surface area (Å²) in [7, 11) is 0. The zero-order chi connectivity index (χ0) is 15.1. The van der Waals surface area contributed by atoms with Gasteiger partial charge in [-0.25, -0.2) is 0 Å². The largest absolute Gasteiger partial charge is 0.489 e. The minimum Gasteiger partial charge on any atom is -0.489 e. The van der Waals surface area contributed by atoms with Crippen LogP contribution in [0.4, 0.5) is 0 Å². The van der Waals surface area contributed by atoms with Crippen molar-refractivity contribution in [2.45, 2.75) is 39.8 Å². The molecule has 0 fully saturated rings. The fourth-order valence-corrected chi connectivity index (χ4v) is 2.30. The van der Waals surface area contributed by atoms with E-state index in [4.69, 9.17) is 4.74 Å². The molecule has 2 nitrogen and oxygen atoms in total. The molecule has 2 aromatic rings. The fourth-order valence-electron chi connectivity index (χ4n) is 2.30. The van der Waals surface area contributed by atoms with Crippen molar-refractivity contribution in [3.8, 4) is 5.75 Å². The maximum atomic E-state index is 5.84. The molecule has 21 heavy (non-hydrogen) atoms. The molecular weight excluding hydrogens is 258 g/mol. The second kappa shape index (κ2) is 7.84. The summed E-state index contributed by atoms with van der Waals surface area (Å²) in [5.41, 5.74) is 3.77. The Morgan fingerprint density at radius 1 is 1.10 bits per heavy atom. The molecule has 1 N–H and O–H groups in total. The molecule has 2 rings (SSSR count). The van der Waals surface area contributed by atoms with Gasteiger partial charge in [0.1, 0.15) is 12.4 Å². The van der Waals surface area contributed by atoms with Gasteiger partial charge in [0.05, 0.1) is 0 Å². The van der Waals surface area contributed by atoms with Crippen molar-refractivity contribution in [3.05, 3.63) is 65.2 Å². The fraction of sp³-hybridized carbons (Fsp3) is 0.368. The van der Waals surface area contributed by atoms with Gasteiger partial charge in [-0.3, -0.25) is 0 Å². The van der Waals surface area contributed by atoms with Gasteiger partial charge in [-0.1, -0.05) is 48.9 Å². The summed E-state index contributed by atoms with van der Waals surface area (Å²) in [5.74, 6) is 0.919. The molecule has 2 heteroatoms. The zero-order valence-electron chi connectivity index (χ0n) is 13.2. The molecule has 1 unspecified atom stereocenters. The molecule has 0 amide bonds. The van der Waals surface area contributed by atoms with Crippen molar-refractivity contribution in [2.75, 3.05) is 6.54 Å². The summed E-state index contributed by atoms with van der Waals surface area (Å²) in [6.07, 6.45) is 1.15. The molecule has 2 aromatic carbocycles. The Kier molecular flexibility index (Phi) is 5.82. The van der Waals surface area contributed by atoms with E-state index in [0.717, 1.165) is 18.7 Å². The van der Waals surface area contributed by atoms with Crippen molar-refractivity contribution < 1.29 is 4.74 Å². The SMILES string of the molecule is CCCNC(C)c1ccc(OCc2cccc(C)c2)cc1. The maximum absolute atomic E-state index is 5.84. The Morgan fingerprint density at radius 3 is 2.52 bits per heavy atom.